The van der Waals surface area contributed by atoms with Crippen LogP contribution in [0.15, 0.2) is 71.3 Å². The van der Waals surface area contributed by atoms with Crippen molar-refractivity contribution >= 4 is 11.6 Å². The van der Waals surface area contributed by atoms with E-state index in [2.05, 4.69) is 48.2 Å². The van der Waals surface area contributed by atoms with Gasteiger partial charge < -0.3 is 19.0 Å². The number of anilines is 1. The second kappa shape index (κ2) is 8.23. The Kier molecular flexibility index (Phi) is 5.28. The number of para-hydroxylation sites is 1. The van der Waals surface area contributed by atoms with Gasteiger partial charge in [-0.3, -0.25) is 4.79 Å². The fourth-order valence-electron chi connectivity index (χ4n) is 4.82. The Hall–Kier alpha value is -3.05. The summed E-state index contributed by atoms with van der Waals surface area (Å²) in [6, 6.07) is 20.8. The summed E-state index contributed by atoms with van der Waals surface area (Å²) in [4.78, 5) is 17.7. The number of morpholine rings is 1. The fraction of sp³-hybridized carbons (Fsp3) is 0.346. The van der Waals surface area contributed by atoms with Gasteiger partial charge in [0.15, 0.2) is 0 Å². The van der Waals surface area contributed by atoms with Gasteiger partial charge in [0.1, 0.15) is 11.9 Å². The normalized spacial score (nSPS) is 23.1. The Bertz CT molecular complexity index is 1060. The molecule has 3 heterocycles. The van der Waals surface area contributed by atoms with Crippen molar-refractivity contribution in [1.29, 1.82) is 0 Å². The van der Waals surface area contributed by atoms with Gasteiger partial charge in [-0.1, -0.05) is 48.5 Å². The van der Waals surface area contributed by atoms with E-state index in [4.69, 9.17) is 9.15 Å². The molecule has 3 unspecified atom stereocenters. The van der Waals surface area contributed by atoms with Gasteiger partial charge in [0.2, 0.25) is 0 Å². The number of rotatable bonds is 4. The van der Waals surface area contributed by atoms with Crippen LogP contribution in [-0.2, 0) is 17.7 Å². The van der Waals surface area contributed by atoms with E-state index in [-0.39, 0.29) is 18.1 Å². The maximum Gasteiger partial charge on any atom is 0.257 e. The van der Waals surface area contributed by atoms with E-state index in [0.717, 1.165) is 17.7 Å². The first kappa shape index (κ1) is 19.9. The molecule has 1 fully saturated rings. The highest BCUT2D eigenvalue weighted by atomic mass is 16.5. The molecule has 2 aromatic carbocycles. The molecule has 0 radical (unpaired) electrons. The van der Waals surface area contributed by atoms with Crippen LogP contribution in [0.2, 0.25) is 0 Å². The zero-order chi connectivity index (χ0) is 21.4. The topological polar surface area (TPSA) is 45.9 Å². The van der Waals surface area contributed by atoms with Crippen LogP contribution < -0.4 is 4.90 Å². The molecule has 0 spiro atoms. The number of ether oxygens (including phenoxy) is 1. The summed E-state index contributed by atoms with van der Waals surface area (Å²) in [7, 11) is 0. The molecule has 2 aliphatic rings. The second-order valence-corrected chi connectivity index (χ2v) is 8.62. The first-order chi connectivity index (χ1) is 15.1. The van der Waals surface area contributed by atoms with Crippen molar-refractivity contribution in [2.75, 3.05) is 18.0 Å². The lowest BCUT2D eigenvalue weighted by Crippen LogP contribution is -2.46. The van der Waals surface area contributed by atoms with Gasteiger partial charge in [-0.2, -0.15) is 0 Å². The van der Waals surface area contributed by atoms with E-state index < -0.39 is 0 Å². The van der Waals surface area contributed by atoms with Crippen molar-refractivity contribution in [1.82, 2.24) is 4.90 Å². The standard InChI is InChI=1S/C26H28N2O3/c1-18-14-21-10-6-7-11-23(21)28(18)17-25-22(12-13-30-25)26(29)27-15-19(2)31-24(16-27)20-8-4-3-5-9-20/h3-13,18-19,24H,14-17H2,1-2H3. The van der Waals surface area contributed by atoms with Crippen molar-refractivity contribution in [3.8, 4) is 0 Å². The molecule has 3 atom stereocenters. The zero-order valence-electron chi connectivity index (χ0n) is 18.0. The van der Waals surface area contributed by atoms with Gasteiger partial charge in [0, 0.05) is 18.3 Å². The monoisotopic (exact) mass is 416 g/mol. The third kappa shape index (κ3) is 3.86. The molecule has 5 nitrogen and oxygen atoms in total. The molecule has 3 aromatic rings. The summed E-state index contributed by atoms with van der Waals surface area (Å²) in [5, 5.41) is 0. The Labute approximate surface area is 183 Å². The summed E-state index contributed by atoms with van der Waals surface area (Å²) in [6.07, 6.45) is 2.51. The summed E-state index contributed by atoms with van der Waals surface area (Å²) in [5.41, 5.74) is 4.33. The van der Waals surface area contributed by atoms with Gasteiger partial charge in [0.05, 0.1) is 31.0 Å². The molecule has 1 saturated heterocycles. The molecule has 5 heteroatoms. The smallest absolute Gasteiger partial charge is 0.257 e. The van der Waals surface area contributed by atoms with Crippen LogP contribution in [0.3, 0.4) is 0 Å². The molecule has 0 aliphatic carbocycles. The Morgan fingerprint density at radius 2 is 1.77 bits per heavy atom. The van der Waals surface area contributed by atoms with E-state index in [0.29, 0.717) is 31.2 Å². The predicted octanol–water partition coefficient (Wildman–Crippen LogP) is 4.83. The van der Waals surface area contributed by atoms with Crippen molar-refractivity contribution in [2.45, 2.75) is 45.1 Å². The SMILES string of the molecule is CC1CN(C(=O)c2ccoc2CN2c3ccccc3CC2C)CC(c2ccccc2)O1. The minimum atomic E-state index is -0.116. The molecule has 160 valence electrons. The summed E-state index contributed by atoms with van der Waals surface area (Å²) in [6.45, 7) is 5.96. The van der Waals surface area contributed by atoms with Crippen LogP contribution in [0.5, 0.6) is 0 Å². The van der Waals surface area contributed by atoms with Crippen molar-refractivity contribution in [2.24, 2.45) is 0 Å². The van der Waals surface area contributed by atoms with Crippen LogP contribution in [-0.4, -0.2) is 36.0 Å². The molecule has 31 heavy (non-hydrogen) atoms. The van der Waals surface area contributed by atoms with E-state index in [1.165, 1.54) is 11.3 Å². The lowest BCUT2D eigenvalue weighted by Gasteiger charge is -2.37. The number of amides is 1. The summed E-state index contributed by atoms with van der Waals surface area (Å²) in [5.74, 6) is 0.740. The summed E-state index contributed by atoms with van der Waals surface area (Å²) < 4.78 is 12.0. The van der Waals surface area contributed by atoms with E-state index in [1.807, 2.05) is 36.1 Å². The van der Waals surface area contributed by atoms with Gasteiger partial charge in [-0.05, 0) is 43.5 Å². The number of carbonyl (C=O) groups excluding carboxylic acids is 1. The average molecular weight is 417 g/mol. The number of benzene rings is 2. The molecular weight excluding hydrogens is 388 g/mol. The quantitative estimate of drug-likeness (QED) is 0.611. The third-order valence-electron chi connectivity index (χ3n) is 6.36. The zero-order valence-corrected chi connectivity index (χ0v) is 18.0. The highest BCUT2D eigenvalue weighted by Gasteiger charge is 2.33. The highest BCUT2D eigenvalue weighted by Crippen LogP contribution is 2.34. The van der Waals surface area contributed by atoms with Gasteiger partial charge in [-0.15, -0.1) is 0 Å². The van der Waals surface area contributed by atoms with Gasteiger partial charge >= 0.3 is 0 Å². The number of nitrogens with zero attached hydrogens (tertiary/aromatic N) is 2. The molecular formula is C26H28N2O3. The fourth-order valence-corrected chi connectivity index (χ4v) is 4.82. The van der Waals surface area contributed by atoms with Crippen LogP contribution in [0.1, 0.15) is 47.2 Å². The molecule has 5 rings (SSSR count). The Morgan fingerprint density at radius 1 is 1.00 bits per heavy atom. The maximum atomic E-state index is 13.5. The van der Waals surface area contributed by atoms with Crippen LogP contribution in [0.25, 0.3) is 0 Å². The maximum absolute atomic E-state index is 13.5. The molecule has 2 aliphatic heterocycles. The van der Waals surface area contributed by atoms with Crippen molar-refractivity contribution < 1.29 is 13.9 Å². The largest absolute Gasteiger partial charge is 0.467 e. The van der Waals surface area contributed by atoms with E-state index in [9.17, 15) is 4.79 Å². The number of furan rings is 1. The molecule has 1 aromatic heterocycles. The number of hydrogen-bond donors (Lipinski definition) is 0. The molecule has 0 bridgehead atoms. The lowest BCUT2D eigenvalue weighted by atomic mass is 10.1. The Balaban J connectivity index is 1.36. The lowest BCUT2D eigenvalue weighted by molar-refractivity contribution is -0.0692. The van der Waals surface area contributed by atoms with Gasteiger partial charge in [-0.25, -0.2) is 0 Å². The average Bonchev–Trinajstić information content (AvgIpc) is 3.38. The number of carbonyl (C=O) groups is 1. The van der Waals surface area contributed by atoms with Crippen LogP contribution in [0.4, 0.5) is 5.69 Å². The first-order valence-electron chi connectivity index (χ1n) is 11.0. The van der Waals surface area contributed by atoms with Crippen LogP contribution >= 0.6 is 0 Å². The van der Waals surface area contributed by atoms with Crippen molar-refractivity contribution in [3.63, 3.8) is 0 Å². The molecule has 0 N–H and O–H groups in total. The Morgan fingerprint density at radius 3 is 2.61 bits per heavy atom. The number of hydrogen-bond acceptors (Lipinski definition) is 4. The minimum absolute atomic E-state index is 0.0139. The van der Waals surface area contributed by atoms with Crippen molar-refractivity contribution in [3.05, 3.63) is 89.4 Å². The third-order valence-corrected chi connectivity index (χ3v) is 6.36. The summed E-state index contributed by atoms with van der Waals surface area (Å²) >= 11 is 0. The number of fused-ring (bicyclic) bond motifs is 1. The predicted molar refractivity (Wildman–Crippen MR) is 120 cm³/mol. The second-order valence-electron chi connectivity index (χ2n) is 8.62. The van der Waals surface area contributed by atoms with Crippen LogP contribution in [0, 0.1) is 0 Å². The van der Waals surface area contributed by atoms with Gasteiger partial charge in [0.25, 0.3) is 5.91 Å². The molecule has 1 amide bonds. The van der Waals surface area contributed by atoms with E-state index in [1.54, 1.807) is 6.26 Å². The first-order valence-corrected chi connectivity index (χ1v) is 11.0. The highest BCUT2D eigenvalue weighted by molar-refractivity contribution is 5.95. The van der Waals surface area contributed by atoms with E-state index >= 15 is 0 Å². The minimum Gasteiger partial charge on any atom is -0.467 e. The molecule has 0 saturated carbocycles.